The fraction of sp³-hybridized carbons (Fsp3) is 0.467. The second kappa shape index (κ2) is 4.81. The van der Waals surface area contributed by atoms with Crippen molar-refractivity contribution in [1.82, 2.24) is 9.55 Å². The van der Waals surface area contributed by atoms with Gasteiger partial charge in [-0.3, -0.25) is 4.57 Å². The lowest BCUT2D eigenvalue weighted by atomic mass is 9.82. The molecule has 0 aliphatic carbocycles. The summed E-state index contributed by atoms with van der Waals surface area (Å²) in [6, 6.07) is 4.94. The largest absolute Gasteiger partial charge is 0.478 e. The van der Waals surface area contributed by atoms with Gasteiger partial charge in [-0.2, -0.15) is 0 Å². The molecule has 1 unspecified atom stereocenters. The lowest BCUT2D eigenvalue weighted by molar-refractivity contribution is 0.0699. The van der Waals surface area contributed by atoms with Crippen LogP contribution in [0.5, 0.6) is 0 Å². The Kier molecular flexibility index (Phi) is 3.46. The highest BCUT2D eigenvalue weighted by molar-refractivity contribution is 6.00. The predicted molar refractivity (Wildman–Crippen MR) is 78.1 cm³/mol. The van der Waals surface area contributed by atoms with E-state index in [0.29, 0.717) is 17.6 Å². The van der Waals surface area contributed by atoms with Crippen molar-refractivity contribution in [2.24, 2.45) is 11.3 Å². The fourth-order valence-corrected chi connectivity index (χ4v) is 2.09. The molecule has 0 aliphatic heterocycles. The van der Waals surface area contributed by atoms with Gasteiger partial charge in [0.05, 0.1) is 16.6 Å². The van der Waals surface area contributed by atoms with Gasteiger partial charge in [0.2, 0.25) is 0 Å². The SMILES string of the molecule is CC(Cn1c(=O)[nH]c2c(C(=O)O)cccc21)C(C)(C)C. The summed E-state index contributed by atoms with van der Waals surface area (Å²) in [5, 5.41) is 9.16. The first kappa shape index (κ1) is 14.4. The van der Waals surface area contributed by atoms with Crippen LogP contribution < -0.4 is 5.69 Å². The van der Waals surface area contributed by atoms with Crippen LogP contribution in [0, 0.1) is 11.3 Å². The summed E-state index contributed by atoms with van der Waals surface area (Å²) in [6.07, 6.45) is 0. The highest BCUT2D eigenvalue weighted by Gasteiger charge is 2.22. The Bertz CT molecular complexity index is 704. The number of carbonyl (C=O) groups is 1. The molecule has 5 heteroatoms. The molecule has 1 aromatic carbocycles. The number of aromatic carboxylic acids is 1. The van der Waals surface area contributed by atoms with Gasteiger partial charge in [-0.05, 0) is 23.5 Å². The lowest BCUT2D eigenvalue weighted by Crippen LogP contribution is -2.27. The Labute approximate surface area is 117 Å². The van der Waals surface area contributed by atoms with E-state index in [0.717, 1.165) is 0 Å². The number of imidazole rings is 1. The second-order valence-electron chi connectivity index (χ2n) is 6.31. The van der Waals surface area contributed by atoms with Crippen LogP contribution in [-0.2, 0) is 6.54 Å². The van der Waals surface area contributed by atoms with E-state index in [4.69, 9.17) is 5.11 Å². The van der Waals surface area contributed by atoms with Gasteiger partial charge in [0.25, 0.3) is 0 Å². The van der Waals surface area contributed by atoms with Crippen LogP contribution in [0.3, 0.4) is 0 Å². The number of aromatic nitrogens is 2. The topological polar surface area (TPSA) is 75.1 Å². The molecule has 0 bridgehead atoms. The van der Waals surface area contributed by atoms with Crippen molar-refractivity contribution in [3.63, 3.8) is 0 Å². The van der Waals surface area contributed by atoms with Gasteiger partial charge in [0, 0.05) is 6.54 Å². The van der Waals surface area contributed by atoms with Gasteiger partial charge in [-0.1, -0.05) is 33.8 Å². The normalized spacial score (nSPS) is 13.6. The molecule has 1 aromatic heterocycles. The molecule has 0 amide bonds. The highest BCUT2D eigenvalue weighted by Crippen LogP contribution is 2.27. The summed E-state index contributed by atoms with van der Waals surface area (Å²) in [7, 11) is 0. The summed E-state index contributed by atoms with van der Waals surface area (Å²) >= 11 is 0. The molecule has 0 spiro atoms. The number of para-hydroxylation sites is 1. The van der Waals surface area contributed by atoms with E-state index >= 15 is 0 Å². The van der Waals surface area contributed by atoms with E-state index in [1.807, 2.05) is 0 Å². The maximum absolute atomic E-state index is 12.1. The van der Waals surface area contributed by atoms with Crippen molar-refractivity contribution < 1.29 is 9.90 Å². The number of carboxylic acid groups (broad SMARTS) is 1. The first-order valence-corrected chi connectivity index (χ1v) is 6.66. The Morgan fingerprint density at radius 2 is 2.05 bits per heavy atom. The van der Waals surface area contributed by atoms with Crippen molar-refractivity contribution in [2.75, 3.05) is 0 Å². The van der Waals surface area contributed by atoms with Gasteiger partial charge in [0.1, 0.15) is 0 Å². The van der Waals surface area contributed by atoms with E-state index < -0.39 is 5.97 Å². The number of fused-ring (bicyclic) bond motifs is 1. The molecule has 108 valence electrons. The third kappa shape index (κ3) is 2.48. The van der Waals surface area contributed by atoms with Crippen LogP contribution in [0.25, 0.3) is 11.0 Å². The highest BCUT2D eigenvalue weighted by atomic mass is 16.4. The van der Waals surface area contributed by atoms with Gasteiger partial charge < -0.3 is 10.1 Å². The molecule has 5 nitrogen and oxygen atoms in total. The van der Waals surface area contributed by atoms with Gasteiger partial charge >= 0.3 is 11.7 Å². The maximum Gasteiger partial charge on any atom is 0.337 e. The first-order chi connectivity index (χ1) is 9.21. The van der Waals surface area contributed by atoms with Crippen molar-refractivity contribution >= 4 is 17.0 Å². The molecule has 0 aliphatic rings. The molecular weight excluding hydrogens is 256 g/mol. The van der Waals surface area contributed by atoms with Crippen LogP contribution in [0.4, 0.5) is 0 Å². The van der Waals surface area contributed by atoms with Gasteiger partial charge in [-0.25, -0.2) is 9.59 Å². The van der Waals surface area contributed by atoms with E-state index in [1.54, 1.807) is 16.7 Å². The molecule has 1 heterocycles. The minimum Gasteiger partial charge on any atom is -0.478 e. The third-order valence-electron chi connectivity index (χ3n) is 3.98. The molecule has 0 fully saturated rings. The van der Waals surface area contributed by atoms with Crippen molar-refractivity contribution in [3.05, 3.63) is 34.2 Å². The average molecular weight is 276 g/mol. The monoisotopic (exact) mass is 276 g/mol. The molecule has 2 rings (SSSR count). The van der Waals surface area contributed by atoms with Crippen LogP contribution >= 0.6 is 0 Å². The zero-order valence-electron chi connectivity index (χ0n) is 12.2. The van der Waals surface area contributed by atoms with Gasteiger partial charge in [0.15, 0.2) is 0 Å². The molecular formula is C15H20N2O3. The van der Waals surface area contributed by atoms with Crippen molar-refractivity contribution in [2.45, 2.75) is 34.2 Å². The molecule has 0 saturated heterocycles. The Balaban J connectivity index is 2.56. The summed E-state index contributed by atoms with van der Waals surface area (Å²) in [6.45, 7) is 9.03. The summed E-state index contributed by atoms with van der Waals surface area (Å²) in [4.78, 5) is 25.9. The van der Waals surface area contributed by atoms with E-state index in [9.17, 15) is 9.59 Å². The van der Waals surface area contributed by atoms with Crippen LogP contribution in [0.1, 0.15) is 38.1 Å². The van der Waals surface area contributed by atoms with E-state index in [2.05, 4.69) is 32.7 Å². The molecule has 2 N–H and O–H groups in total. The fourth-order valence-electron chi connectivity index (χ4n) is 2.09. The molecule has 1 atom stereocenters. The minimum absolute atomic E-state index is 0.0768. The third-order valence-corrected chi connectivity index (χ3v) is 3.98. The Morgan fingerprint density at radius 3 is 2.60 bits per heavy atom. The number of benzene rings is 1. The summed E-state index contributed by atoms with van der Waals surface area (Å²) in [5.41, 5.74) is 0.983. The number of aromatic amines is 1. The van der Waals surface area contributed by atoms with E-state index in [-0.39, 0.29) is 22.6 Å². The first-order valence-electron chi connectivity index (χ1n) is 6.66. The number of nitrogens with zero attached hydrogens (tertiary/aromatic N) is 1. The minimum atomic E-state index is -1.03. The lowest BCUT2D eigenvalue weighted by Gasteiger charge is -2.27. The maximum atomic E-state index is 12.1. The number of carboxylic acids is 1. The number of nitrogens with one attached hydrogen (secondary N) is 1. The number of hydrogen-bond acceptors (Lipinski definition) is 2. The Morgan fingerprint density at radius 1 is 1.40 bits per heavy atom. The summed E-state index contributed by atoms with van der Waals surface area (Å²) in [5.74, 6) is -0.749. The van der Waals surface area contributed by atoms with Crippen LogP contribution in [-0.4, -0.2) is 20.6 Å². The van der Waals surface area contributed by atoms with Gasteiger partial charge in [-0.15, -0.1) is 0 Å². The molecule has 20 heavy (non-hydrogen) atoms. The number of H-pyrrole nitrogens is 1. The zero-order valence-corrected chi connectivity index (χ0v) is 12.2. The molecule has 0 radical (unpaired) electrons. The second-order valence-corrected chi connectivity index (χ2v) is 6.31. The van der Waals surface area contributed by atoms with Crippen molar-refractivity contribution in [3.8, 4) is 0 Å². The van der Waals surface area contributed by atoms with Crippen LogP contribution in [0.15, 0.2) is 23.0 Å². The number of hydrogen-bond donors (Lipinski definition) is 2. The summed E-state index contributed by atoms with van der Waals surface area (Å²) < 4.78 is 1.62. The number of rotatable bonds is 3. The van der Waals surface area contributed by atoms with Crippen LogP contribution in [0.2, 0.25) is 0 Å². The zero-order chi connectivity index (χ0) is 15.1. The smallest absolute Gasteiger partial charge is 0.337 e. The quantitative estimate of drug-likeness (QED) is 0.905. The van der Waals surface area contributed by atoms with Crippen molar-refractivity contribution in [1.29, 1.82) is 0 Å². The standard InChI is InChI=1S/C15H20N2O3/c1-9(15(2,3)4)8-17-11-7-5-6-10(13(18)19)12(11)16-14(17)20/h5-7,9H,8H2,1-4H3,(H,16,20)(H,18,19). The molecule has 0 saturated carbocycles. The Hall–Kier alpha value is -2.04. The predicted octanol–water partition coefficient (Wildman–Crippen LogP) is 2.71. The van der Waals surface area contributed by atoms with E-state index in [1.165, 1.54) is 6.07 Å². The molecule has 2 aromatic rings. The average Bonchev–Trinajstić information content (AvgIpc) is 2.64.